The Balaban J connectivity index is 4.44. The lowest BCUT2D eigenvalue weighted by atomic mass is 9.87. The van der Waals surface area contributed by atoms with Crippen LogP contribution in [0.2, 0.25) is 0 Å². The average molecular weight is 319 g/mol. The van der Waals surface area contributed by atoms with Crippen molar-refractivity contribution in [2.45, 2.75) is 91.3 Å². The van der Waals surface area contributed by atoms with Crippen LogP contribution in [0.5, 0.6) is 0 Å². The van der Waals surface area contributed by atoms with E-state index in [2.05, 4.69) is 40.3 Å². The largest absolute Gasteiger partial charge is 0.350 e. The maximum atomic E-state index is 6.07. The third-order valence-electron chi connectivity index (χ3n) is 4.28. The molecule has 1 unspecified atom stereocenters. The topological polar surface area (TPSA) is 18.5 Å². The molecule has 0 aliphatic carbocycles. The van der Waals surface area contributed by atoms with Crippen LogP contribution in [0.1, 0.15) is 85.5 Å². The van der Waals surface area contributed by atoms with Crippen molar-refractivity contribution in [1.29, 1.82) is 0 Å². The van der Waals surface area contributed by atoms with Crippen molar-refractivity contribution < 1.29 is 9.47 Å². The second kappa shape index (κ2) is 13.9. The Morgan fingerprint density at radius 2 is 1.38 bits per heavy atom. The van der Waals surface area contributed by atoms with Crippen LogP contribution in [-0.2, 0) is 9.47 Å². The summed E-state index contributed by atoms with van der Waals surface area (Å²) in [5.74, 6) is 0.976. The van der Waals surface area contributed by atoms with Gasteiger partial charge in [-0.05, 0) is 38.9 Å². The van der Waals surface area contributed by atoms with Gasteiger partial charge in [-0.2, -0.15) is 12.6 Å². The molecule has 0 aliphatic rings. The second-order valence-corrected chi connectivity index (χ2v) is 6.24. The minimum absolute atomic E-state index is 0.393. The summed E-state index contributed by atoms with van der Waals surface area (Å²) in [5, 5.41) is 0. The number of rotatable bonds is 15. The summed E-state index contributed by atoms with van der Waals surface area (Å²) in [7, 11) is 0. The SMILES string of the molecule is CCCCCCCCC(CCS)C(CC)(OCC)OCC. The molecule has 3 heteroatoms. The van der Waals surface area contributed by atoms with E-state index in [1.54, 1.807) is 0 Å². The van der Waals surface area contributed by atoms with E-state index in [1.807, 2.05) is 0 Å². The van der Waals surface area contributed by atoms with Crippen LogP contribution < -0.4 is 0 Å². The predicted octanol–water partition coefficient (Wildman–Crippen LogP) is 5.85. The standard InChI is InChI=1S/C18H38O2S/c1-5-9-10-11-12-13-14-17(15-16-21)18(6-2,19-7-3)20-8-4/h17,21H,5-16H2,1-4H3. The molecule has 0 fully saturated rings. The highest BCUT2D eigenvalue weighted by molar-refractivity contribution is 7.80. The van der Waals surface area contributed by atoms with Gasteiger partial charge in [-0.1, -0.05) is 52.4 Å². The Labute approximate surface area is 138 Å². The van der Waals surface area contributed by atoms with Gasteiger partial charge in [0.15, 0.2) is 5.79 Å². The zero-order chi connectivity index (χ0) is 16.0. The molecule has 0 heterocycles. The van der Waals surface area contributed by atoms with E-state index < -0.39 is 5.79 Å². The smallest absolute Gasteiger partial charge is 0.170 e. The summed E-state index contributed by atoms with van der Waals surface area (Å²) in [6.07, 6.45) is 11.2. The van der Waals surface area contributed by atoms with Crippen molar-refractivity contribution in [3.05, 3.63) is 0 Å². The highest BCUT2D eigenvalue weighted by atomic mass is 32.1. The average Bonchev–Trinajstić information content (AvgIpc) is 2.49. The van der Waals surface area contributed by atoms with Gasteiger partial charge in [0.1, 0.15) is 0 Å². The third-order valence-corrected chi connectivity index (χ3v) is 4.53. The fraction of sp³-hybridized carbons (Fsp3) is 1.00. The summed E-state index contributed by atoms with van der Waals surface area (Å²) in [5.41, 5.74) is 0. The van der Waals surface area contributed by atoms with E-state index in [1.165, 1.54) is 44.9 Å². The quantitative estimate of drug-likeness (QED) is 0.232. The summed E-state index contributed by atoms with van der Waals surface area (Å²) in [6.45, 7) is 10.00. The van der Waals surface area contributed by atoms with Crippen LogP contribution in [-0.4, -0.2) is 24.8 Å². The van der Waals surface area contributed by atoms with Crippen molar-refractivity contribution >= 4 is 12.6 Å². The first-order chi connectivity index (χ1) is 10.2. The summed E-state index contributed by atoms with van der Waals surface area (Å²) >= 11 is 4.45. The molecule has 0 spiro atoms. The van der Waals surface area contributed by atoms with E-state index in [0.29, 0.717) is 19.1 Å². The fourth-order valence-electron chi connectivity index (χ4n) is 3.17. The molecular formula is C18H38O2S. The lowest BCUT2D eigenvalue weighted by Crippen LogP contribution is -2.43. The van der Waals surface area contributed by atoms with E-state index in [9.17, 15) is 0 Å². The minimum atomic E-state index is -0.393. The van der Waals surface area contributed by atoms with Crippen LogP contribution in [0.4, 0.5) is 0 Å². The van der Waals surface area contributed by atoms with Crippen molar-refractivity contribution in [3.63, 3.8) is 0 Å². The number of ether oxygens (including phenoxy) is 2. The second-order valence-electron chi connectivity index (χ2n) is 5.80. The Morgan fingerprint density at radius 3 is 1.86 bits per heavy atom. The monoisotopic (exact) mass is 318 g/mol. The van der Waals surface area contributed by atoms with Gasteiger partial charge in [0, 0.05) is 19.1 Å². The molecule has 21 heavy (non-hydrogen) atoms. The zero-order valence-corrected chi connectivity index (χ0v) is 15.7. The molecule has 0 N–H and O–H groups in total. The van der Waals surface area contributed by atoms with Gasteiger partial charge in [-0.15, -0.1) is 0 Å². The molecule has 128 valence electrons. The van der Waals surface area contributed by atoms with Crippen molar-refractivity contribution in [2.75, 3.05) is 19.0 Å². The van der Waals surface area contributed by atoms with Gasteiger partial charge in [0.25, 0.3) is 0 Å². The molecule has 0 aromatic carbocycles. The zero-order valence-electron chi connectivity index (χ0n) is 14.8. The number of hydrogen-bond acceptors (Lipinski definition) is 3. The van der Waals surface area contributed by atoms with Gasteiger partial charge in [0.2, 0.25) is 0 Å². The molecule has 0 aliphatic heterocycles. The summed E-state index contributed by atoms with van der Waals surface area (Å²) in [6, 6.07) is 0. The summed E-state index contributed by atoms with van der Waals surface area (Å²) < 4.78 is 12.1. The lowest BCUT2D eigenvalue weighted by molar-refractivity contribution is -0.267. The third kappa shape index (κ3) is 8.47. The van der Waals surface area contributed by atoms with Crippen molar-refractivity contribution in [3.8, 4) is 0 Å². The van der Waals surface area contributed by atoms with E-state index >= 15 is 0 Å². The van der Waals surface area contributed by atoms with Crippen LogP contribution >= 0.6 is 12.6 Å². The predicted molar refractivity (Wildman–Crippen MR) is 96.2 cm³/mol. The Kier molecular flexibility index (Phi) is 14.1. The Morgan fingerprint density at radius 1 is 0.810 bits per heavy atom. The Bertz CT molecular complexity index is 215. The van der Waals surface area contributed by atoms with Crippen LogP contribution in [0.25, 0.3) is 0 Å². The van der Waals surface area contributed by atoms with E-state index in [-0.39, 0.29) is 0 Å². The van der Waals surface area contributed by atoms with Gasteiger partial charge < -0.3 is 9.47 Å². The highest BCUT2D eigenvalue weighted by Gasteiger charge is 2.37. The highest BCUT2D eigenvalue weighted by Crippen LogP contribution is 2.34. The van der Waals surface area contributed by atoms with Gasteiger partial charge in [-0.3, -0.25) is 0 Å². The molecule has 0 aromatic rings. The molecule has 0 rings (SSSR count). The molecule has 1 atom stereocenters. The first kappa shape index (κ1) is 21.3. The van der Waals surface area contributed by atoms with Crippen molar-refractivity contribution in [1.82, 2.24) is 0 Å². The molecule has 0 saturated heterocycles. The molecule has 0 radical (unpaired) electrons. The van der Waals surface area contributed by atoms with E-state index in [0.717, 1.165) is 18.6 Å². The summed E-state index contributed by atoms with van der Waals surface area (Å²) in [4.78, 5) is 0. The molecule has 0 saturated carbocycles. The van der Waals surface area contributed by atoms with Crippen LogP contribution in [0.3, 0.4) is 0 Å². The first-order valence-electron chi connectivity index (χ1n) is 9.09. The van der Waals surface area contributed by atoms with Gasteiger partial charge in [-0.25, -0.2) is 0 Å². The van der Waals surface area contributed by atoms with Gasteiger partial charge >= 0.3 is 0 Å². The number of thiol groups is 1. The van der Waals surface area contributed by atoms with E-state index in [4.69, 9.17) is 9.47 Å². The normalized spacial score (nSPS) is 13.6. The molecular weight excluding hydrogens is 280 g/mol. The fourth-order valence-corrected chi connectivity index (χ4v) is 3.48. The molecule has 0 bridgehead atoms. The minimum Gasteiger partial charge on any atom is -0.350 e. The molecule has 0 aromatic heterocycles. The number of unbranched alkanes of at least 4 members (excludes halogenated alkanes) is 5. The van der Waals surface area contributed by atoms with Crippen LogP contribution in [0.15, 0.2) is 0 Å². The van der Waals surface area contributed by atoms with Crippen LogP contribution in [0, 0.1) is 5.92 Å². The van der Waals surface area contributed by atoms with Crippen molar-refractivity contribution in [2.24, 2.45) is 5.92 Å². The first-order valence-corrected chi connectivity index (χ1v) is 9.72. The lowest BCUT2D eigenvalue weighted by Gasteiger charge is -2.39. The maximum absolute atomic E-state index is 6.07. The van der Waals surface area contributed by atoms with Gasteiger partial charge in [0.05, 0.1) is 0 Å². The maximum Gasteiger partial charge on any atom is 0.170 e. The number of hydrogen-bond donors (Lipinski definition) is 1. The Hall–Kier alpha value is 0.270. The molecule has 2 nitrogen and oxygen atoms in total. The molecule has 0 amide bonds.